The maximum atomic E-state index is 12.9. The molecule has 9 heteroatoms. The minimum Gasteiger partial charge on any atom is -0.497 e. The molecule has 1 atom stereocenters. The van der Waals surface area contributed by atoms with Crippen LogP contribution in [-0.2, 0) is 11.3 Å². The lowest BCUT2D eigenvalue weighted by molar-refractivity contribution is -0.127. The van der Waals surface area contributed by atoms with Crippen LogP contribution in [0.3, 0.4) is 0 Å². The van der Waals surface area contributed by atoms with E-state index < -0.39 is 6.10 Å². The summed E-state index contributed by atoms with van der Waals surface area (Å²) in [5.41, 5.74) is 0.627. The van der Waals surface area contributed by atoms with Gasteiger partial charge in [0.25, 0.3) is 5.91 Å². The molecule has 3 aromatic rings. The number of aromatic nitrogens is 2. The van der Waals surface area contributed by atoms with Crippen LogP contribution in [0, 0.1) is 5.82 Å². The summed E-state index contributed by atoms with van der Waals surface area (Å²) in [6.45, 7) is 1.61. The highest BCUT2D eigenvalue weighted by Gasteiger charge is 2.18. The van der Waals surface area contributed by atoms with Crippen molar-refractivity contribution >= 4 is 5.91 Å². The molecule has 0 aliphatic heterocycles. The van der Waals surface area contributed by atoms with Crippen LogP contribution in [-0.4, -0.2) is 36.4 Å². The Bertz CT molecular complexity index is 975. The fraction of sp³-hybridized carbons (Fsp3) is 0.250. The van der Waals surface area contributed by atoms with Crippen molar-refractivity contribution in [2.75, 3.05) is 14.2 Å². The summed E-state index contributed by atoms with van der Waals surface area (Å²) in [4.78, 5) is 16.5. The lowest BCUT2D eigenvalue weighted by Crippen LogP contribution is -2.35. The predicted octanol–water partition coefficient (Wildman–Crippen LogP) is 2.98. The lowest BCUT2D eigenvalue weighted by Gasteiger charge is -2.13. The first-order valence-corrected chi connectivity index (χ1v) is 8.75. The molecule has 1 heterocycles. The second-order valence-electron chi connectivity index (χ2n) is 6.01. The monoisotopic (exact) mass is 401 g/mol. The van der Waals surface area contributed by atoms with Crippen LogP contribution >= 0.6 is 0 Å². The molecule has 0 spiro atoms. The molecule has 3 rings (SSSR count). The van der Waals surface area contributed by atoms with Gasteiger partial charge in [-0.15, -0.1) is 0 Å². The minimum atomic E-state index is -0.787. The fourth-order valence-corrected chi connectivity index (χ4v) is 2.50. The number of carbonyl (C=O) groups is 1. The normalized spacial score (nSPS) is 11.6. The zero-order valence-electron chi connectivity index (χ0n) is 16.1. The van der Waals surface area contributed by atoms with Gasteiger partial charge < -0.3 is 24.1 Å². The minimum absolute atomic E-state index is 0.0292. The van der Waals surface area contributed by atoms with Gasteiger partial charge in [-0.1, -0.05) is 5.16 Å². The Balaban J connectivity index is 1.60. The SMILES string of the molecule is COc1ccc(-c2noc(CNC(=O)C(C)Oc3ccc(F)cc3)n2)c(OC)c1. The van der Waals surface area contributed by atoms with Crippen molar-refractivity contribution in [3.8, 4) is 28.6 Å². The third-order valence-corrected chi connectivity index (χ3v) is 4.03. The van der Waals surface area contributed by atoms with E-state index in [1.807, 2.05) is 0 Å². The third-order valence-electron chi connectivity index (χ3n) is 4.03. The van der Waals surface area contributed by atoms with E-state index >= 15 is 0 Å². The van der Waals surface area contributed by atoms with Gasteiger partial charge in [0.2, 0.25) is 11.7 Å². The van der Waals surface area contributed by atoms with Gasteiger partial charge in [-0.05, 0) is 43.3 Å². The summed E-state index contributed by atoms with van der Waals surface area (Å²) in [7, 11) is 3.09. The first kappa shape index (κ1) is 20.1. The number of ether oxygens (including phenoxy) is 3. The van der Waals surface area contributed by atoms with Gasteiger partial charge in [0.1, 0.15) is 23.1 Å². The quantitative estimate of drug-likeness (QED) is 0.620. The number of methoxy groups -OCH3 is 2. The number of hydrogen-bond acceptors (Lipinski definition) is 7. The fourth-order valence-electron chi connectivity index (χ4n) is 2.50. The van der Waals surface area contributed by atoms with Gasteiger partial charge in [-0.25, -0.2) is 4.39 Å². The van der Waals surface area contributed by atoms with E-state index in [0.29, 0.717) is 28.6 Å². The zero-order chi connectivity index (χ0) is 20.8. The first-order chi connectivity index (χ1) is 14.0. The van der Waals surface area contributed by atoms with Crippen LogP contribution in [0.4, 0.5) is 4.39 Å². The molecule has 2 aromatic carbocycles. The summed E-state index contributed by atoms with van der Waals surface area (Å²) in [6, 6.07) is 10.6. The van der Waals surface area contributed by atoms with E-state index in [1.165, 1.54) is 31.4 Å². The summed E-state index contributed by atoms with van der Waals surface area (Å²) >= 11 is 0. The molecular weight excluding hydrogens is 381 g/mol. The Morgan fingerprint density at radius 3 is 2.55 bits per heavy atom. The molecular formula is C20H20FN3O5. The number of rotatable bonds is 8. The van der Waals surface area contributed by atoms with Crippen molar-refractivity contribution in [2.45, 2.75) is 19.6 Å². The predicted molar refractivity (Wildman–Crippen MR) is 101 cm³/mol. The highest BCUT2D eigenvalue weighted by Crippen LogP contribution is 2.31. The van der Waals surface area contributed by atoms with E-state index in [1.54, 1.807) is 32.2 Å². The summed E-state index contributed by atoms with van der Waals surface area (Å²) < 4.78 is 34.1. The molecule has 0 fully saturated rings. The Morgan fingerprint density at radius 2 is 1.86 bits per heavy atom. The number of nitrogens with one attached hydrogen (secondary N) is 1. The first-order valence-electron chi connectivity index (χ1n) is 8.75. The number of nitrogens with zero attached hydrogens (tertiary/aromatic N) is 2. The van der Waals surface area contributed by atoms with Crippen molar-refractivity contribution in [2.24, 2.45) is 0 Å². The molecule has 0 saturated heterocycles. The molecule has 0 saturated carbocycles. The van der Waals surface area contributed by atoms with Gasteiger partial charge >= 0.3 is 0 Å². The number of benzene rings is 2. The number of halogens is 1. The van der Waals surface area contributed by atoms with E-state index in [4.69, 9.17) is 18.7 Å². The number of carbonyl (C=O) groups excluding carboxylic acids is 1. The Kier molecular flexibility index (Phi) is 6.28. The van der Waals surface area contributed by atoms with Crippen LogP contribution in [0.5, 0.6) is 17.2 Å². The lowest BCUT2D eigenvalue weighted by atomic mass is 10.2. The second kappa shape index (κ2) is 9.05. The molecule has 1 unspecified atom stereocenters. The maximum absolute atomic E-state index is 12.9. The third kappa shape index (κ3) is 5.01. The van der Waals surface area contributed by atoms with Crippen LogP contribution in [0.25, 0.3) is 11.4 Å². The molecule has 0 bridgehead atoms. The van der Waals surface area contributed by atoms with Gasteiger partial charge in [-0.3, -0.25) is 4.79 Å². The molecule has 8 nitrogen and oxygen atoms in total. The number of amides is 1. The molecule has 0 radical (unpaired) electrons. The van der Waals surface area contributed by atoms with E-state index in [0.717, 1.165) is 0 Å². The van der Waals surface area contributed by atoms with E-state index in [2.05, 4.69) is 15.5 Å². The van der Waals surface area contributed by atoms with Gasteiger partial charge in [0.05, 0.1) is 26.3 Å². The molecule has 152 valence electrons. The van der Waals surface area contributed by atoms with Crippen molar-refractivity contribution < 1.29 is 27.9 Å². The summed E-state index contributed by atoms with van der Waals surface area (Å²) in [5, 5.41) is 6.58. The van der Waals surface area contributed by atoms with E-state index in [9.17, 15) is 9.18 Å². The highest BCUT2D eigenvalue weighted by molar-refractivity contribution is 5.80. The average molecular weight is 401 g/mol. The molecule has 1 N–H and O–H groups in total. The van der Waals surface area contributed by atoms with Crippen LogP contribution in [0.15, 0.2) is 47.0 Å². The second-order valence-corrected chi connectivity index (χ2v) is 6.01. The van der Waals surface area contributed by atoms with Crippen LogP contribution in [0.1, 0.15) is 12.8 Å². The van der Waals surface area contributed by atoms with Crippen LogP contribution in [0.2, 0.25) is 0 Å². The highest BCUT2D eigenvalue weighted by atomic mass is 19.1. The summed E-state index contributed by atoms with van der Waals surface area (Å²) in [5.74, 6) is 1.34. The van der Waals surface area contributed by atoms with Crippen LogP contribution < -0.4 is 19.5 Å². The van der Waals surface area contributed by atoms with Gasteiger partial charge in [0.15, 0.2) is 6.10 Å². The maximum Gasteiger partial charge on any atom is 0.261 e. The smallest absolute Gasteiger partial charge is 0.261 e. The number of hydrogen-bond donors (Lipinski definition) is 1. The topological polar surface area (TPSA) is 95.7 Å². The molecule has 1 amide bonds. The van der Waals surface area contributed by atoms with Gasteiger partial charge in [-0.2, -0.15) is 4.98 Å². The van der Waals surface area contributed by atoms with Crippen molar-refractivity contribution in [1.29, 1.82) is 0 Å². The molecule has 0 aliphatic rings. The Labute approximate surface area is 166 Å². The standard InChI is InChI=1S/C20H20FN3O5/c1-12(28-14-6-4-13(21)5-7-14)20(25)22-11-18-23-19(24-29-18)16-9-8-15(26-2)10-17(16)27-3/h4-10,12H,11H2,1-3H3,(H,22,25). The van der Waals surface area contributed by atoms with Crippen molar-refractivity contribution in [3.05, 3.63) is 54.2 Å². The van der Waals surface area contributed by atoms with Crippen molar-refractivity contribution in [1.82, 2.24) is 15.5 Å². The Hall–Kier alpha value is -3.62. The average Bonchev–Trinajstić information content (AvgIpc) is 3.21. The van der Waals surface area contributed by atoms with Crippen molar-refractivity contribution in [3.63, 3.8) is 0 Å². The van der Waals surface area contributed by atoms with Gasteiger partial charge in [0, 0.05) is 6.07 Å². The van der Waals surface area contributed by atoms with E-state index in [-0.39, 0.29) is 24.2 Å². The summed E-state index contributed by atoms with van der Waals surface area (Å²) in [6.07, 6.45) is -0.787. The zero-order valence-corrected chi connectivity index (χ0v) is 16.1. The Morgan fingerprint density at radius 1 is 1.14 bits per heavy atom. The molecule has 0 aliphatic carbocycles. The molecule has 1 aromatic heterocycles. The molecule has 29 heavy (non-hydrogen) atoms. The largest absolute Gasteiger partial charge is 0.497 e.